The number of carboxylic acid groups (broad SMARTS) is 3. The summed E-state index contributed by atoms with van der Waals surface area (Å²) in [7, 11) is 0. The quantitative estimate of drug-likeness (QED) is 0.331. The van der Waals surface area contributed by atoms with Crippen LogP contribution >= 0.6 is 0 Å². The summed E-state index contributed by atoms with van der Waals surface area (Å²) >= 11 is 0. The maximum absolute atomic E-state index is 9.79. The zero-order chi connectivity index (χ0) is 19.1. The van der Waals surface area contributed by atoms with Gasteiger partial charge in [0.15, 0.2) is 0 Å². The zero-order valence-corrected chi connectivity index (χ0v) is 13.4. The van der Waals surface area contributed by atoms with E-state index in [1.54, 1.807) is 6.92 Å². The number of rotatable bonds is 8. The highest BCUT2D eigenvalue weighted by Crippen LogP contribution is 2.10. The highest BCUT2D eigenvalue weighted by Gasteiger charge is 2.20. The predicted octanol–water partition coefficient (Wildman–Crippen LogP) is -0.0574. The van der Waals surface area contributed by atoms with Crippen LogP contribution in [0.4, 0.5) is 0 Å². The Morgan fingerprint density at radius 2 is 1.13 bits per heavy atom. The van der Waals surface area contributed by atoms with Gasteiger partial charge in [0.1, 0.15) is 0 Å². The van der Waals surface area contributed by atoms with E-state index in [-0.39, 0.29) is 44.7 Å². The fourth-order valence-electron chi connectivity index (χ4n) is 0.541. The van der Waals surface area contributed by atoms with E-state index >= 15 is 0 Å². The van der Waals surface area contributed by atoms with Gasteiger partial charge in [0, 0.05) is 23.8 Å². The minimum Gasteiger partial charge on any atom is -0.481 e. The molecule has 0 spiro atoms. The Kier molecular flexibility index (Phi) is 16.9. The molecule has 0 aromatic carbocycles. The monoisotopic (exact) mass is 338 g/mol. The molecule has 0 aromatic heterocycles. The van der Waals surface area contributed by atoms with Crippen molar-refractivity contribution in [2.75, 3.05) is 19.8 Å². The molecular weight excluding hydrogens is 312 g/mol. The van der Waals surface area contributed by atoms with E-state index in [9.17, 15) is 14.4 Å². The van der Waals surface area contributed by atoms with E-state index < -0.39 is 23.3 Å². The van der Waals surface area contributed by atoms with Crippen molar-refractivity contribution in [3.05, 3.63) is 12.2 Å². The van der Waals surface area contributed by atoms with Crippen molar-refractivity contribution in [1.29, 1.82) is 0 Å². The minimum atomic E-state index is -0.948. The molecule has 0 amide bonds. The number of aliphatic hydroxyl groups excluding tert-OH is 3. The summed E-state index contributed by atoms with van der Waals surface area (Å²) < 4.78 is 0. The van der Waals surface area contributed by atoms with Crippen LogP contribution in [0.3, 0.4) is 0 Å². The number of carbonyl (C=O) groups is 3. The largest absolute Gasteiger partial charge is 0.481 e. The molecular formula is C14H26O9. The molecule has 0 fully saturated rings. The smallest absolute Gasteiger partial charge is 0.330 e. The summed E-state index contributed by atoms with van der Waals surface area (Å²) in [6, 6.07) is 0. The lowest BCUT2D eigenvalue weighted by Gasteiger charge is -2.20. The highest BCUT2D eigenvalue weighted by atomic mass is 16.4. The van der Waals surface area contributed by atoms with Gasteiger partial charge in [-0.1, -0.05) is 13.5 Å². The topological polar surface area (TPSA) is 173 Å². The molecule has 0 saturated carbocycles. The molecule has 0 rings (SSSR count). The Morgan fingerprint density at radius 1 is 0.870 bits per heavy atom. The summed E-state index contributed by atoms with van der Waals surface area (Å²) in [4.78, 5) is 29.2. The van der Waals surface area contributed by atoms with Gasteiger partial charge in [-0.3, -0.25) is 9.59 Å². The molecule has 0 aliphatic rings. The summed E-state index contributed by atoms with van der Waals surface area (Å²) in [6.07, 6.45) is 0.0866. The second-order valence-electron chi connectivity index (χ2n) is 5.01. The Labute approximate surface area is 134 Å². The first-order valence-electron chi connectivity index (χ1n) is 6.60. The average Bonchev–Trinajstić information content (AvgIpc) is 2.47. The van der Waals surface area contributed by atoms with Gasteiger partial charge in [0.25, 0.3) is 0 Å². The van der Waals surface area contributed by atoms with Crippen LogP contribution in [0.5, 0.6) is 0 Å². The normalized spacial score (nSPS) is 9.61. The van der Waals surface area contributed by atoms with Gasteiger partial charge in [-0.15, -0.1) is 0 Å². The van der Waals surface area contributed by atoms with Gasteiger partial charge in [-0.05, 0) is 13.3 Å². The van der Waals surface area contributed by atoms with Crippen LogP contribution in [0.2, 0.25) is 0 Å². The Morgan fingerprint density at radius 3 is 1.22 bits per heavy atom. The third kappa shape index (κ3) is 22.5. The molecule has 9 heteroatoms. The van der Waals surface area contributed by atoms with Gasteiger partial charge in [0.2, 0.25) is 0 Å². The lowest BCUT2D eigenvalue weighted by atomic mass is 9.95. The summed E-state index contributed by atoms with van der Waals surface area (Å²) in [6.45, 7) is 5.66. The van der Waals surface area contributed by atoms with Gasteiger partial charge in [0.05, 0.1) is 19.8 Å². The fourth-order valence-corrected chi connectivity index (χ4v) is 0.541. The van der Waals surface area contributed by atoms with Crippen molar-refractivity contribution in [2.24, 2.45) is 5.41 Å². The number of aliphatic hydroxyl groups is 3. The van der Waals surface area contributed by atoms with Crippen molar-refractivity contribution in [1.82, 2.24) is 0 Å². The second kappa shape index (κ2) is 14.9. The predicted molar refractivity (Wildman–Crippen MR) is 80.9 cm³/mol. The molecule has 23 heavy (non-hydrogen) atoms. The molecule has 136 valence electrons. The van der Waals surface area contributed by atoms with Crippen LogP contribution in [0.15, 0.2) is 12.2 Å². The molecule has 0 heterocycles. The molecule has 0 atom stereocenters. The van der Waals surface area contributed by atoms with Crippen molar-refractivity contribution < 1.29 is 45.0 Å². The molecule has 0 saturated heterocycles. The van der Waals surface area contributed by atoms with E-state index in [1.807, 2.05) is 0 Å². The average molecular weight is 338 g/mol. The number of hydrogen-bond donors (Lipinski definition) is 6. The highest BCUT2D eigenvalue weighted by molar-refractivity contribution is 5.84. The van der Waals surface area contributed by atoms with Gasteiger partial charge in [-0.25, -0.2) is 4.79 Å². The van der Waals surface area contributed by atoms with Crippen molar-refractivity contribution in [3.8, 4) is 0 Å². The van der Waals surface area contributed by atoms with Crippen LogP contribution in [-0.4, -0.2) is 68.4 Å². The zero-order valence-electron chi connectivity index (χ0n) is 13.4. The van der Waals surface area contributed by atoms with Crippen LogP contribution in [0, 0.1) is 5.41 Å². The fraction of sp³-hybridized carbons (Fsp3) is 0.643. The molecule has 0 aliphatic heterocycles. The summed E-state index contributed by atoms with van der Waals surface area (Å²) in [5.74, 6) is -2.83. The Hall–Kier alpha value is -1.97. The van der Waals surface area contributed by atoms with E-state index in [1.165, 1.54) is 6.92 Å². The maximum atomic E-state index is 9.79. The second-order valence-corrected chi connectivity index (χ2v) is 5.01. The minimum absolute atomic E-state index is 0.0632. The van der Waals surface area contributed by atoms with Crippen LogP contribution in [-0.2, 0) is 14.4 Å². The van der Waals surface area contributed by atoms with Crippen LogP contribution < -0.4 is 0 Å². The third-order valence-corrected chi connectivity index (χ3v) is 2.29. The first-order chi connectivity index (χ1) is 10.5. The van der Waals surface area contributed by atoms with Gasteiger partial charge < -0.3 is 30.6 Å². The van der Waals surface area contributed by atoms with E-state index in [0.717, 1.165) is 0 Å². The lowest BCUT2D eigenvalue weighted by molar-refractivity contribution is -0.138. The SMILES string of the molecule is C=C(C)C(=O)O.CC(CO)(CO)CO.O=C(O)CCCC(=O)O. The van der Waals surface area contributed by atoms with Gasteiger partial charge >= 0.3 is 17.9 Å². The molecule has 9 nitrogen and oxygen atoms in total. The first kappa shape index (κ1) is 26.0. The molecule has 0 unspecified atom stereocenters. The number of carboxylic acids is 3. The first-order valence-corrected chi connectivity index (χ1v) is 6.60. The number of aliphatic carboxylic acids is 3. The molecule has 0 bridgehead atoms. The Balaban J connectivity index is -0.000000266. The van der Waals surface area contributed by atoms with Crippen molar-refractivity contribution >= 4 is 17.9 Å². The molecule has 0 aliphatic carbocycles. The molecule has 6 N–H and O–H groups in total. The third-order valence-electron chi connectivity index (χ3n) is 2.29. The van der Waals surface area contributed by atoms with Gasteiger partial charge in [-0.2, -0.15) is 0 Å². The summed E-state index contributed by atoms with van der Waals surface area (Å²) in [5.41, 5.74) is -0.532. The van der Waals surface area contributed by atoms with Crippen LogP contribution in [0.25, 0.3) is 0 Å². The van der Waals surface area contributed by atoms with Crippen LogP contribution in [0.1, 0.15) is 33.1 Å². The van der Waals surface area contributed by atoms with Crippen molar-refractivity contribution in [2.45, 2.75) is 33.1 Å². The van der Waals surface area contributed by atoms with Crippen molar-refractivity contribution in [3.63, 3.8) is 0 Å². The van der Waals surface area contributed by atoms with E-state index in [4.69, 9.17) is 30.6 Å². The standard InChI is InChI=1S/C5H8O4.C5H12O3.C4H6O2/c6-4(7)2-1-3-5(8)9;1-5(2-6,3-7)4-8;1-3(2)4(5)6/h1-3H2,(H,6,7)(H,8,9);6-8H,2-4H2,1H3;1H2,2H3,(H,5,6). The van der Waals surface area contributed by atoms with E-state index in [0.29, 0.717) is 0 Å². The Bertz CT molecular complexity index is 338. The summed E-state index contributed by atoms with van der Waals surface area (Å²) in [5, 5.41) is 49.4. The number of hydrogen-bond acceptors (Lipinski definition) is 6. The molecule has 0 radical (unpaired) electrons. The maximum Gasteiger partial charge on any atom is 0.330 e. The van der Waals surface area contributed by atoms with E-state index in [2.05, 4.69) is 6.58 Å². The molecule has 0 aromatic rings. The lowest BCUT2D eigenvalue weighted by Crippen LogP contribution is -2.29.